The third kappa shape index (κ3) is 7.43. The quantitative estimate of drug-likeness (QED) is 0.615. The molecule has 0 saturated heterocycles. The minimum atomic E-state index is -0.957. The molecule has 0 aliphatic carbocycles. The summed E-state index contributed by atoms with van der Waals surface area (Å²) < 4.78 is 9.65. The minimum absolute atomic E-state index is 0.643. The van der Waals surface area contributed by atoms with E-state index in [4.69, 9.17) is 4.74 Å². The molecule has 0 unspecified atom stereocenters. The number of carbonyl (C=O) groups excluding carboxylic acids is 3. The molecule has 0 aromatic heterocycles. The van der Waals surface area contributed by atoms with Crippen LogP contribution in [0.1, 0.15) is 48.5 Å². The summed E-state index contributed by atoms with van der Waals surface area (Å²) in [5, 5.41) is 2.31. The van der Waals surface area contributed by atoms with Crippen molar-refractivity contribution in [3.63, 3.8) is 0 Å². The Bertz CT molecular complexity index is 362. The molecule has 1 amide bonds. The van der Waals surface area contributed by atoms with Gasteiger partial charge >= 0.3 is 18.0 Å². The van der Waals surface area contributed by atoms with Gasteiger partial charge in [-0.1, -0.05) is 0 Å². The predicted molar refractivity (Wildman–Crippen MR) is 69.4 cm³/mol. The normalized spacial score (nSPS) is 13.4. The van der Waals surface area contributed by atoms with Crippen LogP contribution in [0.3, 0.4) is 0 Å². The van der Waals surface area contributed by atoms with Crippen LogP contribution in [0.25, 0.3) is 0 Å². The van der Waals surface area contributed by atoms with E-state index in [1.54, 1.807) is 41.5 Å². The fraction of sp³-hybridized carbons (Fsp3) is 0.769. The summed E-state index contributed by atoms with van der Waals surface area (Å²) in [6.07, 6.45) is -0.736. The Morgan fingerprint density at radius 3 is 1.84 bits per heavy atom. The lowest BCUT2D eigenvalue weighted by Gasteiger charge is -2.22. The summed E-state index contributed by atoms with van der Waals surface area (Å²) in [4.78, 5) is 34.5. The van der Waals surface area contributed by atoms with E-state index in [2.05, 4.69) is 10.1 Å². The van der Waals surface area contributed by atoms with Crippen LogP contribution in [0, 0.1) is 5.41 Å². The molecule has 0 aromatic carbocycles. The second-order valence-electron chi connectivity index (χ2n) is 6.33. The SMILES string of the molecule is C[C@H](NC(=O)OC(C)(C)C)C(=O)OC(=O)C(C)(C)C. The van der Waals surface area contributed by atoms with Crippen molar-refractivity contribution in [1.29, 1.82) is 0 Å². The van der Waals surface area contributed by atoms with Gasteiger partial charge in [0.05, 0.1) is 5.41 Å². The van der Waals surface area contributed by atoms with Crippen LogP contribution in [0.15, 0.2) is 0 Å². The van der Waals surface area contributed by atoms with E-state index in [0.29, 0.717) is 0 Å². The Kier molecular flexibility index (Phi) is 5.53. The standard InChI is InChI=1S/C13H23NO5/c1-8(14-11(17)19-13(5,6)7)9(15)18-10(16)12(2,3)4/h8H,1-7H3,(H,14,17)/t8-/m0/s1. The maximum absolute atomic E-state index is 11.6. The topological polar surface area (TPSA) is 81.7 Å². The summed E-state index contributed by atoms with van der Waals surface area (Å²) in [6.45, 7) is 11.4. The number of esters is 2. The highest BCUT2D eigenvalue weighted by atomic mass is 16.6. The smallest absolute Gasteiger partial charge is 0.408 e. The Hall–Kier alpha value is -1.59. The lowest BCUT2D eigenvalue weighted by molar-refractivity contribution is -0.166. The first kappa shape index (κ1) is 17.4. The summed E-state index contributed by atoms with van der Waals surface area (Å²) in [5.41, 5.74) is -1.43. The van der Waals surface area contributed by atoms with Crippen molar-refractivity contribution in [2.24, 2.45) is 5.41 Å². The average Bonchev–Trinajstić information content (AvgIpc) is 2.12. The highest BCUT2D eigenvalue weighted by Crippen LogP contribution is 2.15. The molecule has 0 bridgehead atoms. The molecule has 0 heterocycles. The van der Waals surface area contributed by atoms with Crippen LogP contribution in [-0.2, 0) is 19.1 Å². The summed E-state index contributed by atoms with van der Waals surface area (Å²) >= 11 is 0. The maximum atomic E-state index is 11.6. The highest BCUT2D eigenvalue weighted by Gasteiger charge is 2.29. The molecule has 6 heteroatoms. The van der Waals surface area contributed by atoms with Crippen molar-refractivity contribution in [3.8, 4) is 0 Å². The van der Waals surface area contributed by atoms with Gasteiger partial charge in [0.2, 0.25) is 0 Å². The second kappa shape index (κ2) is 6.04. The predicted octanol–water partition coefficient (Wildman–Crippen LogP) is 2.02. The Morgan fingerprint density at radius 2 is 1.47 bits per heavy atom. The molecule has 0 spiro atoms. The molecule has 0 fully saturated rings. The lowest BCUT2D eigenvalue weighted by atomic mass is 9.97. The number of nitrogens with one attached hydrogen (secondary N) is 1. The molecule has 0 aromatic rings. The third-order valence-electron chi connectivity index (χ3n) is 1.89. The van der Waals surface area contributed by atoms with E-state index < -0.39 is 35.1 Å². The second-order valence-corrected chi connectivity index (χ2v) is 6.33. The van der Waals surface area contributed by atoms with Crippen LogP contribution in [0.2, 0.25) is 0 Å². The van der Waals surface area contributed by atoms with E-state index in [-0.39, 0.29) is 0 Å². The number of hydrogen-bond acceptors (Lipinski definition) is 5. The molecular formula is C13H23NO5. The van der Waals surface area contributed by atoms with Gasteiger partial charge in [-0.25, -0.2) is 9.59 Å². The highest BCUT2D eigenvalue weighted by molar-refractivity contribution is 5.91. The molecule has 0 aliphatic rings. The molecule has 6 nitrogen and oxygen atoms in total. The van der Waals surface area contributed by atoms with Gasteiger partial charge in [-0.05, 0) is 48.5 Å². The van der Waals surface area contributed by atoms with Gasteiger partial charge in [0.15, 0.2) is 0 Å². The number of rotatable bonds is 2. The molecule has 1 N–H and O–H groups in total. The number of alkyl carbamates (subject to hydrolysis) is 1. The number of amides is 1. The van der Waals surface area contributed by atoms with Gasteiger partial charge in [-0.15, -0.1) is 0 Å². The molecule has 110 valence electrons. The van der Waals surface area contributed by atoms with Crippen LogP contribution in [0.4, 0.5) is 4.79 Å². The van der Waals surface area contributed by atoms with Crippen molar-refractivity contribution in [1.82, 2.24) is 5.32 Å². The number of hydrogen-bond donors (Lipinski definition) is 1. The third-order valence-corrected chi connectivity index (χ3v) is 1.89. The summed E-state index contributed by atoms with van der Waals surface area (Å²) in [5.74, 6) is -1.46. The van der Waals surface area contributed by atoms with E-state index in [0.717, 1.165) is 0 Å². The molecular weight excluding hydrogens is 250 g/mol. The Balaban J connectivity index is 4.37. The van der Waals surface area contributed by atoms with E-state index in [1.807, 2.05) is 0 Å². The molecule has 0 saturated carbocycles. The van der Waals surface area contributed by atoms with Crippen molar-refractivity contribution in [3.05, 3.63) is 0 Å². The van der Waals surface area contributed by atoms with Crippen LogP contribution < -0.4 is 5.32 Å². The Labute approximate surface area is 113 Å². The van der Waals surface area contributed by atoms with E-state index >= 15 is 0 Å². The summed E-state index contributed by atoms with van der Waals surface area (Å²) in [6, 6.07) is -0.957. The van der Waals surface area contributed by atoms with Gasteiger partial charge in [0, 0.05) is 0 Å². The zero-order chi connectivity index (χ0) is 15.4. The van der Waals surface area contributed by atoms with Crippen LogP contribution >= 0.6 is 0 Å². The first-order valence-corrected chi connectivity index (χ1v) is 6.08. The number of ether oxygens (including phenoxy) is 2. The van der Waals surface area contributed by atoms with Gasteiger partial charge < -0.3 is 14.8 Å². The van der Waals surface area contributed by atoms with Crippen LogP contribution in [-0.4, -0.2) is 29.7 Å². The maximum Gasteiger partial charge on any atom is 0.408 e. The molecule has 0 aliphatic heterocycles. The zero-order valence-corrected chi connectivity index (χ0v) is 12.6. The van der Waals surface area contributed by atoms with E-state index in [1.165, 1.54) is 6.92 Å². The van der Waals surface area contributed by atoms with Crippen molar-refractivity contribution in [2.75, 3.05) is 0 Å². The van der Waals surface area contributed by atoms with Crippen molar-refractivity contribution in [2.45, 2.75) is 60.1 Å². The fourth-order valence-electron chi connectivity index (χ4n) is 0.876. The zero-order valence-electron chi connectivity index (χ0n) is 12.6. The van der Waals surface area contributed by atoms with Gasteiger partial charge in [0.1, 0.15) is 11.6 Å². The van der Waals surface area contributed by atoms with Gasteiger partial charge in [-0.2, -0.15) is 0 Å². The Morgan fingerprint density at radius 1 is 1.00 bits per heavy atom. The molecule has 0 rings (SSSR count). The number of carbonyl (C=O) groups is 3. The lowest BCUT2D eigenvalue weighted by Crippen LogP contribution is -2.43. The first-order chi connectivity index (χ1) is 8.33. The average molecular weight is 273 g/mol. The minimum Gasteiger partial charge on any atom is -0.444 e. The van der Waals surface area contributed by atoms with Gasteiger partial charge in [-0.3, -0.25) is 4.79 Å². The van der Waals surface area contributed by atoms with Gasteiger partial charge in [0.25, 0.3) is 0 Å². The largest absolute Gasteiger partial charge is 0.444 e. The molecule has 19 heavy (non-hydrogen) atoms. The van der Waals surface area contributed by atoms with Crippen molar-refractivity contribution >= 4 is 18.0 Å². The molecule has 0 radical (unpaired) electrons. The summed E-state index contributed by atoms with van der Waals surface area (Å²) in [7, 11) is 0. The monoisotopic (exact) mass is 273 g/mol. The van der Waals surface area contributed by atoms with E-state index in [9.17, 15) is 14.4 Å². The van der Waals surface area contributed by atoms with Crippen molar-refractivity contribution < 1.29 is 23.9 Å². The fourth-order valence-corrected chi connectivity index (χ4v) is 0.876. The molecule has 1 atom stereocenters. The van der Waals surface area contributed by atoms with Crippen LogP contribution in [0.5, 0.6) is 0 Å². The first-order valence-electron chi connectivity index (χ1n) is 6.08.